The molecule has 0 saturated carbocycles. The molecule has 0 aliphatic rings. The molecule has 21 heavy (non-hydrogen) atoms. The number of methoxy groups -OCH3 is 1. The molecule has 0 fully saturated rings. The molecule has 0 saturated heterocycles. The van der Waals surface area contributed by atoms with E-state index < -0.39 is 22.3 Å². The van der Waals surface area contributed by atoms with Gasteiger partial charge in [0, 0.05) is 13.2 Å². The molecule has 2 N–H and O–H groups in total. The van der Waals surface area contributed by atoms with Gasteiger partial charge in [0.05, 0.1) is 22.8 Å². The standard InChI is InChI=1S/C12H15N3O6/c1-7-9(4-8(5-13-7)15(19)20)10(16)14-12(2,6-21-3)11(17)18/h4-5H,6H2,1-3H3,(H,14,16)(H,17,18). The van der Waals surface area contributed by atoms with E-state index in [0.29, 0.717) is 0 Å². The molecular weight excluding hydrogens is 282 g/mol. The van der Waals surface area contributed by atoms with Gasteiger partial charge in [-0.25, -0.2) is 4.79 Å². The van der Waals surface area contributed by atoms with Gasteiger partial charge >= 0.3 is 5.97 Å². The van der Waals surface area contributed by atoms with Crippen molar-refractivity contribution < 1.29 is 24.4 Å². The van der Waals surface area contributed by atoms with Gasteiger partial charge in [-0.1, -0.05) is 0 Å². The van der Waals surface area contributed by atoms with Crippen LogP contribution in [0, 0.1) is 17.0 Å². The fraction of sp³-hybridized carbons (Fsp3) is 0.417. The molecule has 1 aromatic rings. The van der Waals surface area contributed by atoms with Gasteiger partial charge in [0.1, 0.15) is 6.20 Å². The minimum Gasteiger partial charge on any atom is -0.479 e. The van der Waals surface area contributed by atoms with Crippen molar-refractivity contribution in [1.82, 2.24) is 10.3 Å². The first kappa shape index (κ1) is 16.5. The Kier molecular flexibility index (Phi) is 4.93. The van der Waals surface area contributed by atoms with Gasteiger partial charge in [0.15, 0.2) is 5.54 Å². The molecule has 9 heteroatoms. The van der Waals surface area contributed by atoms with E-state index in [1.165, 1.54) is 21.0 Å². The Morgan fingerprint density at radius 2 is 2.19 bits per heavy atom. The first-order chi connectivity index (χ1) is 9.71. The summed E-state index contributed by atoms with van der Waals surface area (Å²) < 4.78 is 4.78. The smallest absolute Gasteiger partial charge is 0.331 e. The number of pyridine rings is 1. The van der Waals surface area contributed by atoms with Crippen LogP contribution in [0.3, 0.4) is 0 Å². The largest absolute Gasteiger partial charge is 0.479 e. The van der Waals surface area contributed by atoms with Crippen LogP contribution in [0.5, 0.6) is 0 Å². The highest BCUT2D eigenvalue weighted by Crippen LogP contribution is 2.16. The number of carbonyl (C=O) groups is 2. The van der Waals surface area contributed by atoms with E-state index in [-0.39, 0.29) is 23.6 Å². The third-order valence-electron chi connectivity index (χ3n) is 2.82. The van der Waals surface area contributed by atoms with Crippen molar-refractivity contribution in [2.45, 2.75) is 19.4 Å². The number of ether oxygens (including phenoxy) is 1. The molecule has 1 unspecified atom stereocenters. The molecule has 0 aromatic carbocycles. The number of aromatic nitrogens is 1. The summed E-state index contributed by atoms with van der Waals surface area (Å²) in [5.74, 6) is -2.06. The molecule has 1 atom stereocenters. The van der Waals surface area contributed by atoms with E-state index >= 15 is 0 Å². The van der Waals surface area contributed by atoms with Crippen molar-refractivity contribution in [1.29, 1.82) is 0 Å². The number of carbonyl (C=O) groups excluding carboxylic acids is 1. The molecule has 1 aromatic heterocycles. The molecule has 9 nitrogen and oxygen atoms in total. The molecule has 0 spiro atoms. The second-order valence-corrected chi connectivity index (χ2v) is 4.61. The molecule has 0 aliphatic heterocycles. The van der Waals surface area contributed by atoms with Crippen molar-refractivity contribution in [3.63, 3.8) is 0 Å². The number of nitrogens with one attached hydrogen (secondary N) is 1. The van der Waals surface area contributed by atoms with Gasteiger partial charge in [0.2, 0.25) is 0 Å². The van der Waals surface area contributed by atoms with Crippen molar-refractivity contribution in [2.24, 2.45) is 0 Å². The highest BCUT2D eigenvalue weighted by molar-refractivity contribution is 5.99. The molecule has 1 amide bonds. The Bertz CT molecular complexity index is 588. The van der Waals surface area contributed by atoms with Crippen LogP contribution in [-0.2, 0) is 9.53 Å². The van der Waals surface area contributed by atoms with Gasteiger partial charge in [-0.2, -0.15) is 0 Å². The summed E-state index contributed by atoms with van der Waals surface area (Å²) in [6, 6.07) is 1.05. The number of carboxylic acid groups (broad SMARTS) is 1. The van der Waals surface area contributed by atoms with Gasteiger partial charge in [0.25, 0.3) is 11.6 Å². The van der Waals surface area contributed by atoms with E-state index in [4.69, 9.17) is 9.84 Å². The molecule has 114 valence electrons. The third kappa shape index (κ3) is 3.72. The van der Waals surface area contributed by atoms with Crippen molar-refractivity contribution >= 4 is 17.6 Å². The van der Waals surface area contributed by atoms with E-state index in [9.17, 15) is 19.7 Å². The predicted octanol–water partition coefficient (Wildman–Crippen LogP) is 0.518. The first-order valence-corrected chi connectivity index (χ1v) is 5.87. The summed E-state index contributed by atoms with van der Waals surface area (Å²) in [7, 11) is 1.30. The average Bonchev–Trinajstić information content (AvgIpc) is 2.38. The second-order valence-electron chi connectivity index (χ2n) is 4.61. The average molecular weight is 297 g/mol. The highest BCUT2D eigenvalue weighted by atomic mass is 16.6. The van der Waals surface area contributed by atoms with Crippen LogP contribution in [0.15, 0.2) is 12.3 Å². The molecular formula is C12H15N3O6. The van der Waals surface area contributed by atoms with Crippen molar-refractivity contribution in [2.75, 3.05) is 13.7 Å². The summed E-state index contributed by atoms with van der Waals surface area (Å²) in [6.45, 7) is 2.51. The topological polar surface area (TPSA) is 132 Å². The molecule has 1 rings (SSSR count). The number of rotatable bonds is 6. The Hall–Kier alpha value is -2.55. The lowest BCUT2D eigenvalue weighted by atomic mass is 10.0. The minimum absolute atomic E-state index is 0.0622. The zero-order valence-corrected chi connectivity index (χ0v) is 11.7. The number of nitrogens with zero attached hydrogens (tertiary/aromatic N) is 2. The summed E-state index contributed by atoms with van der Waals surface area (Å²) in [4.78, 5) is 37.1. The lowest BCUT2D eigenvalue weighted by Gasteiger charge is -2.25. The number of carboxylic acids is 1. The monoisotopic (exact) mass is 297 g/mol. The Morgan fingerprint density at radius 1 is 1.57 bits per heavy atom. The van der Waals surface area contributed by atoms with Crippen LogP contribution in [0.25, 0.3) is 0 Å². The quantitative estimate of drug-likeness (QED) is 0.577. The van der Waals surface area contributed by atoms with Gasteiger partial charge < -0.3 is 15.2 Å². The number of aliphatic carboxylic acids is 1. The molecule has 0 radical (unpaired) electrons. The van der Waals surface area contributed by atoms with Crippen molar-refractivity contribution in [3.05, 3.63) is 33.6 Å². The van der Waals surface area contributed by atoms with E-state index in [1.807, 2.05) is 0 Å². The highest BCUT2D eigenvalue weighted by Gasteiger charge is 2.36. The Morgan fingerprint density at radius 3 is 2.67 bits per heavy atom. The van der Waals surface area contributed by atoms with Crippen molar-refractivity contribution in [3.8, 4) is 0 Å². The lowest BCUT2D eigenvalue weighted by molar-refractivity contribution is -0.385. The van der Waals surface area contributed by atoms with Gasteiger partial charge in [-0.3, -0.25) is 19.9 Å². The first-order valence-electron chi connectivity index (χ1n) is 5.87. The fourth-order valence-electron chi connectivity index (χ4n) is 1.61. The Balaban J connectivity index is 3.11. The van der Waals surface area contributed by atoms with Crippen LogP contribution in [0.4, 0.5) is 5.69 Å². The molecule has 0 aliphatic carbocycles. The predicted molar refractivity (Wildman–Crippen MR) is 71.0 cm³/mol. The summed E-state index contributed by atoms with van der Waals surface area (Å²) in [5, 5.41) is 22.1. The maximum Gasteiger partial charge on any atom is 0.331 e. The minimum atomic E-state index is -1.65. The maximum absolute atomic E-state index is 12.1. The van der Waals surface area contributed by atoms with E-state index in [0.717, 1.165) is 12.3 Å². The third-order valence-corrected chi connectivity index (χ3v) is 2.82. The SMILES string of the molecule is COCC(C)(NC(=O)c1cc([N+](=O)[O-])cnc1C)C(=O)O. The summed E-state index contributed by atoms with van der Waals surface area (Å²) >= 11 is 0. The fourth-order valence-corrected chi connectivity index (χ4v) is 1.61. The number of nitro groups is 1. The normalized spacial score (nSPS) is 13.3. The number of hydrogen-bond acceptors (Lipinski definition) is 6. The zero-order valence-electron chi connectivity index (χ0n) is 11.7. The van der Waals surface area contributed by atoms with Crippen LogP contribution in [0.2, 0.25) is 0 Å². The van der Waals surface area contributed by atoms with Crippen LogP contribution in [0.1, 0.15) is 23.0 Å². The summed E-state index contributed by atoms with van der Waals surface area (Å²) in [5.41, 5.74) is -1.81. The van der Waals surface area contributed by atoms with Crippen LogP contribution in [-0.4, -0.2) is 46.1 Å². The van der Waals surface area contributed by atoms with Gasteiger partial charge in [-0.15, -0.1) is 0 Å². The van der Waals surface area contributed by atoms with Crippen LogP contribution < -0.4 is 5.32 Å². The molecule has 0 bridgehead atoms. The van der Waals surface area contributed by atoms with E-state index in [2.05, 4.69) is 10.3 Å². The zero-order chi connectivity index (χ0) is 16.2. The number of amides is 1. The lowest BCUT2D eigenvalue weighted by Crippen LogP contribution is -2.55. The molecule has 1 heterocycles. The van der Waals surface area contributed by atoms with E-state index in [1.54, 1.807) is 0 Å². The number of aryl methyl sites for hydroxylation is 1. The summed E-state index contributed by atoms with van der Waals surface area (Å²) in [6.07, 6.45) is 1.03. The Labute approximate surface area is 120 Å². The number of hydrogen-bond donors (Lipinski definition) is 2. The van der Waals surface area contributed by atoms with Gasteiger partial charge in [-0.05, 0) is 13.8 Å². The second kappa shape index (κ2) is 6.27. The van der Waals surface area contributed by atoms with Crippen LogP contribution >= 0.6 is 0 Å². The maximum atomic E-state index is 12.1.